The highest BCUT2D eigenvalue weighted by molar-refractivity contribution is 5.75. The molecule has 2 aromatic carbocycles. The first-order chi connectivity index (χ1) is 15.1. The molecule has 174 valence electrons. The maximum atomic E-state index is 13.1. The van der Waals surface area contributed by atoms with Crippen molar-refractivity contribution in [2.75, 3.05) is 0 Å². The van der Waals surface area contributed by atoms with Gasteiger partial charge in [-0.05, 0) is 75.3 Å². The number of aliphatic carboxylic acids is 1. The Morgan fingerprint density at radius 3 is 2.00 bits per heavy atom. The molecule has 0 saturated carbocycles. The van der Waals surface area contributed by atoms with Gasteiger partial charge < -0.3 is 9.84 Å². The molecule has 0 radical (unpaired) electrons. The smallest absolute Gasteiger partial charge is 0.309 e. The van der Waals surface area contributed by atoms with Gasteiger partial charge in [-0.1, -0.05) is 56.2 Å². The van der Waals surface area contributed by atoms with Gasteiger partial charge in [-0.25, -0.2) is 4.39 Å². The van der Waals surface area contributed by atoms with Gasteiger partial charge in [0, 0.05) is 0 Å². The van der Waals surface area contributed by atoms with Gasteiger partial charge in [0.15, 0.2) is 0 Å². The molecule has 5 heteroatoms. The fraction of sp³-hybridized carbons (Fsp3) is 0.481. The first kappa shape index (κ1) is 25.6. The Labute approximate surface area is 190 Å². The number of carbonyl (C=O) groups excluding carboxylic acids is 1. The largest absolute Gasteiger partial charge is 0.481 e. The number of aryl methyl sites for hydroxylation is 1. The van der Waals surface area contributed by atoms with E-state index >= 15 is 0 Å². The van der Waals surface area contributed by atoms with Crippen molar-refractivity contribution < 1.29 is 23.8 Å². The number of carboxylic acid groups (broad SMARTS) is 1. The monoisotopic (exact) mass is 442 g/mol. The molecule has 2 aromatic rings. The minimum absolute atomic E-state index is 0.270. The highest BCUT2D eigenvalue weighted by Gasteiger charge is 2.30. The molecule has 2 rings (SSSR count). The number of rotatable bonds is 11. The van der Waals surface area contributed by atoms with Crippen LogP contribution in [0, 0.1) is 17.7 Å². The van der Waals surface area contributed by atoms with Crippen LogP contribution < -0.4 is 0 Å². The van der Waals surface area contributed by atoms with E-state index < -0.39 is 23.4 Å². The normalized spacial score (nSPS) is 13.4. The van der Waals surface area contributed by atoms with Crippen LogP contribution in [-0.2, 0) is 20.7 Å². The van der Waals surface area contributed by atoms with E-state index in [-0.39, 0.29) is 18.2 Å². The van der Waals surface area contributed by atoms with Crippen LogP contribution in [0.3, 0.4) is 0 Å². The number of benzene rings is 2. The molecule has 0 heterocycles. The van der Waals surface area contributed by atoms with Crippen molar-refractivity contribution in [3.63, 3.8) is 0 Å². The highest BCUT2D eigenvalue weighted by Crippen LogP contribution is 2.27. The lowest BCUT2D eigenvalue weighted by Gasteiger charge is -2.25. The van der Waals surface area contributed by atoms with Crippen LogP contribution in [0.25, 0.3) is 11.1 Å². The molecule has 0 fully saturated rings. The number of ether oxygens (including phenoxy) is 1. The summed E-state index contributed by atoms with van der Waals surface area (Å²) < 4.78 is 18.7. The Morgan fingerprint density at radius 1 is 0.938 bits per heavy atom. The summed E-state index contributed by atoms with van der Waals surface area (Å²) in [5, 5.41) is 9.77. The molecule has 0 unspecified atom stereocenters. The fourth-order valence-electron chi connectivity index (χ4n) is 3.70. The SMILES string of the molecule is CCCC[C@@H](C[C@H](CCc1ccc(-c2ccc(F)cc2)cc1)C(=O)O)C(=O)OC(C)(C)C. The van der Waals surface area contributed by atoms with Crippen molar-refractivity contribution in [2.45, 2.75) is 71.8 Å². The lowest BCUT2D eigenvalue weighted by Crippen LogP contribution is -2.31. The maximum Gasteiger partial charge on any atom is 0.309 e. The minimum Gasteiger partial charge on any atom is -0.481 e. The third kappa shape index (κ3) is 8.45. The van der Waals surface area contributed by atoms with Crippen LogP contribution >= 0.6 is 0 Å². The van der Waals surface area contributed by atoms with E-state index in [9.17, 15) is 19.1 Å². The molecule has 0 saturated heterocycles. The van der Waals surface area contributed by atoms with Gasteiger partial charge in [-0.2, -0.15) is 0 Å². The summed E-state index contributed by atoms with van der Waals surface area (Å²) in [4.78, 5) is 24.6. The molecule has 1 N–H and O–H groups in total. The average Bonchev–Trinajstić information content (AvgIpc) is 2.72. The molecule has 4 nitrogen and oxygen atoms in total. The van der Waals surface area contributed by atoms with Gasteiger partial charge in [0.05, 0.1) is 11.8 Å². The Bertz CT molecular complexity index is 866. The molecule has 0 aliphatic rings. The number of halogens is 1. The summed E-state index contributed by atoms with van der Waals surface area (Å²) in [6.45, 7) is 7.53. The molecule has 0 aliphatic carbocycles. The zero-order chi connectivity index (χ0) is 23.7. The molecule has 0 amide bonds. The van der Waals surface area contributed by atoms with E-state index in [4.69, 9.17) is 4.74 Å². The Hall–Kier alpha value is -2.69. The molecule has 32 heavy (non-hydrogen) atoms. The van der Waals surface area contributed by atoms with E-state index in [2.05, 4.69) is 6.92 Å². The van der Waals surface area contributed by atoms with E-state index in [0.29, 0.717) is 19.3 Å². The zero-order valence-electron chi connectivity index (χ0n) is 19.6. The maximum absolute atomic E-state index is 13.1. The second-order valence-corrected chi connectivity index (χ2v) is 9.39. The van der Waals surface area contributed by atoms with Crippen LogP contribution in [0.1, 0.15) is 65.4 Å². The van der Waals surface area contributed by atoms with Crippen LogP contribution in [-0.4, -0.2) is 22.6 Å². The van der Waals surface area contributed by atoms with Crippen LogP contribution in [0.4, 0.5) is 4.39 Å². The Morgan fingerprint density at radius 2 is 1.50 bits per heavy atom. The first-order valence-electron chi connectivity index (χ1n) is 11.4. The lowest BCUT2D eigenvalue weighted by atomic mass is 9.87. The van der Waals surface area contributed by atoms with Gasteiger partial charge >= 0.3 is 11.9 Å². The van der Waals surface area contributed by atoms with Crippen molar-refractivity contribution in [3.05, 3.63) is 59.9 Å². The number of hydrogen-bond donors (Lipinski definition) is 1. The van der Waals surface area contributed by atoms with Crippen LogP contribution in [0.5, 0.6) is 0 Å². The predicted octanol–water partition coefficient (Wildman–Crippen LogP) is 6.66. The molecule has 2 atom stereocenters. The third-order valence-corrected chi connectivity index (χ3v) is 5.48. The summed E-state index contributed by atoms with van der Waals surface area (Å²) >= 11 is 0. The van der Waals surface area contributed by atoms with Gasteiger partial charge in [0.2, 0.25) is 0 Å². The van der Waals surface area contributed by atoms with E-state index in [0.717, 1.165) is 29.5 Å². The quantitative estimate of drug-likeness (QED) is 0.395. The molecular formula is C27H35FO4. The van der Waals surface area contributed by atoms with Crippen LogP contribution in [0.15, 0.2) is 48.5 Å². The second-order valence-electron chi connectivity index (χ2n) is 9.39. The standard InChI is InChI=1S/C27H35FO4/c1-5-6-7-23(26(31)32-27(2,3)4)18-22(25(29)30)13-10-19-8-11-20(12-9-19)21-14-16-24(28)17-15-21/h8-9,11-12,14-17,22-23H,5-7,10,13,18H2,1-4H3,(H,29,30)/t22-,23-/m0/s1. The van der Waals surface area contributed by atoms with Crippen molar-refractivity contribution in [1.29, 1.82) is 0 Å². The van der Waals surface area contributed by atoms with Gasteiger partial charge in [-0.15, -0.1) is 0 Å². The molecule has 0 bridgehead atoms. The number of hydrogen-bond acceptors (Lipinski definition) is 3. The lowest BCUT2D eigenvalue weighted by molar-refractivity contribution is -0.161. The van der Waals surface area contributed by atoms with E-state index in [1.54, 1.807) is 12.1 Å². The van der Waals surface area contributed by atoms with Crippen molar-refractivity contribution >= 4 is 11.9 Å². The average molecular weight is 443 g/mol. The van der Waals surface area contributed by atoms with Crippen molar-refractivity contribution in [2.24, 2.45) is 11.8 Å². The Kier molecular flexibility index (Phi) is 9.42. The van der Waals surface area contributed by atoms with Crippen molar-refractivity contribution in [1.82, 2.24) is 0 Å². The number of carboxylic acids is 1. The van der Waals surface area contributed by atoms with Gasteiger partial charge in [0.1, 0.15) is 11.4 Å². The van der Waals surface area contributed by atoms with Gasteiger partial charge in [-0.3, -0.25) is 9.59 Å². The number of unbranched alkanes of at least 4 members (excludes halogenated alkanes) is 1. The van der Waals surface area contributed by atoms with E-state index in [1.165, 1.54) is 12.1 Å². The van der Waals surface area contributed by atoms with Crippen LogP contribution in [0.2, 0.25) is 0 Å². The zero-order valence-corrected chi connectivity index (χ0v) is 19.6. The first-order valence-corrected chi connectivity index (χ1v) is 11.4. The molecule has 0 aromatic heterocycles. The minimum atomic E-state index is -0.877. The summed E-state index contributed by atoms with van der Waals surface area (Å²) in [7, 11) is 0. The Balaban J connectivity index is 2.02. The van der Waals surface area contributed by atoms with Gasteiger partial charge in [0.25, 0.3) is 0 Å². The molecular weight excluding hydrogens is 407 g/mol. The highest BCUT2D eigenvalue weighted by atomic mass is 19.1. The summed E-state index contributed by atoms with van der Waals surface area (Å²) in [5.74, 6) is -2.47. The summed E-state index contributed by atoms with van der Waals surface area (Å²) in [6.07, 6.45) is 3.80. The van der Waals surface area contributed by atoms with E-state index in [1.807, 2.05) is 45.0 Å². The molecule has 0 aliphatic heterocycles. The topological polar surface area (TPSA) is 63.6 Å². The number of esters is 1. The summed E-state index contributed by atoms with van der Waals surface area (Å²) in [5.41, 5.74) is 2.35. The summed E-state index contributed by atoms with van der Waals surface area (Å²) in [6, 6.07) is 14.2. The predicted molar refractivity (Wildman–Crippen MR) is 125 cm³/mol. The molecule has 0 spiro atoms. The second kappa shape index (κ2) is 11.8. The number of carbonyl (C=O) groups is 2. The van der Waals surface area contributed by atoms with Crippen molar-refractivity contribution in [3.8, 4) is 11.1 Å². The fourth-order valence-corrected chi connectivity index (χ4v) is 3.70. The third-order valence-electron chi connectivity index (χ3n) is 5.48.